The number of hydrogen-bond donors (Lipinski definition) is 2. The first-order valence-corrected chi connectivity index (χ1v) is 10.9. The summed E-state index contributed by atoms with van der Waals surface area (Å²) in [6.07, 6.45) is 0. The number of rotatable bonds is 4. The normalized spacial score (nSPS) is 11.2. The van der Waals surface area contributed by atoms with Crippen LogP contribution in [0.1, 0.15) is 10.5 Å². The highest BCUT2D eigenvalue weighted by atomic mass is 32.1. The second-order valence-electron chi connectivity index (χ2n) is 7.29. The average molecular weight is 437 g/mol. The van der Waals surface area contributed by atoms with Crippen LogP contribution in [-0.2, 0) is 0 Å². The first-order chi connectivity index (χ1) is 15.7. The molecule has 154 valence electrons. The highest BCUT2D eigenvalue weighted by Crippen LogP contribution is 2.26. The standard InChI is InChI=1S/C24H16N6OS/c31-24(20-14-16-5-1-2-8-18(16)26-20)25-17-7-3-6-15(13-17)19-10-11-22-27-28-23(30(22)29-19)21-9-4-12-32-21/h1-14,26H,(H,25,31). The summed E-state index contributed by atoms with van der Waals surface area (Å²) in [5, 5.41) is 19.2. The third-order valence-corrected chi connectivity index (χ3v) is 6.06. The van der Waals surface area contributed by atoms with E-state index in [1.54, 1.807) is 15.9 Å². The number of hydrogen-bond acceptors (Lipinski definition) is 5. The number of carbonyl (C=O) groups is 1. The number of aromatic nitrogens is 5. The molecule has 4 aromatic heterocycles. The van der Waals surface area contributed by atoms with Crippen LogP contribution in [0.25, 0.3) is 38.5 Å². The molecule has 32 heavy (non-hydrogen) atoms. The molecule has 0 aliphatic rings. The molecule has 0 bridgehead atoms. The van der Waals surface area contributed by atoms with Crippen LogP contribution < -0.4 is 5.32 Å². The van der Waals surface area contributed by atoms with E-state index in [-0.39, 0.29) is 5.91 Å². The summed E-state index contributed by atoms with van der Waals surface area (Å²) in [4.78, 5) is 16.9. The summed E-state index contributed by atoms with van der Waals surface area (Å²) in [6.45, 7) is 0. The Hall–Kier alpha value is -4.30. The molecule has 0 spiro atoms. The molecule has 7 nitrogen and oxygen atoms in total. The summed E-state index contributed by atoms with van der Waals surface area (Å²) in [5.41, 5.74) is 4.46. The second-order valence-corrected chi connectivity index (χ2v) is 8.24. The van der Waals surface area contributed by atoms with Crippen molar-refractivity contribution in [3.8, 4) is 22.0 Å². The molecule has 0 aliphatic heterocycles. The minimum Gasteiger partial charge on any atom is -0.351 e. The number of fused-ring (bicyclic) bond motifs is 2. The van der Waals surface area contributed by atoms with Crippen LogP contribution in [0.2, 0.25) is 0 Å². The smallest absolute Gasteiger partial charge is 0.272 e. The van der Waals surface area contributed by atoms with E-state index in [4.69, 9.17) is 5.10 Å². The lowest BCUT2D eigenvalue weighted by Crippen LogP contribution is -2.12. The molecule has 0 fully saturated rings. The highest BCUT2D eigenvalue weighted by Gasteiger charge is 2.13. The Labute approximate surface area is 186 Å². The number of nitrogens with one attached hydrogen (secondary N) is 2. The first kappa shape index (κ1) is 18.5. The zero-order valence-corrected chi connectivity index (χ0v) is 17.5. The summed E-state index contributed by atoms with van der Waals surface area (Å²) >= 11 is 1.59. The molecule has 6 aromatic rings. The Balaban J connectivity index is 1.31. The van der Waals surface area contributed by atoms with Gasteiger partial charge >= 0.3 is 0 Å². The zero-order valence-electron chi connectivity index (χ0n) is 16.7. The van der Waals surface area contributed by atoms with E-state index in [1.165, 1.54) is 0 Å². The quantitative estimate of drug-likeness (QED) is 0.395. The number of anilines is 1. The Morgan fingerprint density at radius 1 is 0.938 bits per heavy atom. The van der Waals surface area contributed by atoms with E-state index in [0.717, 1.165) is 27.0 Å². The van der Waals surface area contributed by atoms with Crippen LogP contribution in [-0.4, -0.2) is 30.7 Å². The predicted octanol–water partition coefficient (Wildman–Crippen LogP) is 5.25. The molecule has 6 rings (SSSR count). The highest BCUT2D eigenvalue weighted by molar-refractivity contribution is 7.13. The number of amides is 1. The van der Waals surface area contributed by atoms with Crippen molar-refractivity contribution < 1.29 is 4.79 Å². The van der Waals surface area contributed by atoms with Crippen LogP contribution >= 0.6 is 11.3 Å². The average Bonchev–Trinajstić information content (AvgIpc) is 3.57. The van der Waals surface area contributed by atoms with Crippen LogP contribution in [0, 0.1) is 0 Å². The van der Waals surface area contributed by atoms with Crippen molar-refractivity contribution in [2.45, 2.75) is 0 Å². The van der Waals surface area contributed by atoms with Crippen molar-refractivity contribution in [2.75, 3.05) is 5.32 Å². The first-order valence-electron chi connectivity index (χ1n) is 10.0. The molecule has 2 aromatic carbocycles. The zero-order chi connectivity index (χ0) is 21.5. The fourth-order valence-electron chi connectivity index (χ4n) is 3.65. The van der Waals surface area contributed by atoms with Gasteiger partial charge in [0.2, 0.25) is 0 Å². The monoisotopic (exact) mass is 436 g/mol. The number of thiophene rings is 1. The van der Waals surface area contributed by atoms with Gasteiger partial charge in [-0.25, -0.2) is 0 Å². The van der Waals surface area contributed by atoms with Gasteiger partial charge in [-0.05, 0) is 47.8 Å². The third-order valence-electron chi connectivity index (χ3n) is 5.20. The number of benzene rings is 2. The van der Waals surface area contributed by atoms with Crippen LogP contribution in [0.3, 0.4) is 0 Å². The third kappa shape index (κ3) is 3.23. The second kappa shape index (κ2) is 7.44. The van der Waals surface area contributed by atoms with Crippen molar-refractivity contribution in [3.63, 3.8) is 0 Å². The predicted molar refractivity (Wildman–Crippen MR) is 126 cm³/mol. The molecular weight excluding hydrogens is 420 g/mol. The minimum atomic E-state index is -0.194. The van der Waals surface area contributed by atoms with Gasteiger partial charge in [-0.15, -0.1) is 21.5 Å². The van der Waals surface area contributed by atoms with Crippen molar-refractivity contribution in [1.29, 1.82) is 0 Å². The van der Waals surface area contributed by atoms with Gasteiger partial charge in [0.1, 0.15) is 5.69 Å². The van der Waals surface area contributed by atoms with Crippen molar-refractivity contribution in [2.24, 2.45) is 0 Å². The molecular formula is C24H16N6OS. The maximum Gasteiger partial charge on any atom is 0.272 e. The molecule has 0 radical (unpaired) electrons. The van der Waals surface area contributed by atoms with E-state index in [2.05, 4.69) is 20.5 Å². The Bertz CT molecular complexity index is 1550. The lowest BCUT2D eigenvalue weighted by atomic mass is 10.1. The molecule has 0 saturated carbocycles. The van der Waals surface area contributed by atoms with E-state index < -0.39 is 0 Å². The fourth-order valence-corrected chi connectivity index (χ4v) is 4.35. The molecule has 0 unspecified atom stereocenters. The van der Waals surface area contributed by atoms with Crippen molar-refractivity contribution in [3.05, 3.63) is 89.9 Å². The van der Waals surface area contributed by atoms with E-state index in [0.29, 0.717) is 22.9 Å². The topological polar surface area (TPSA) is 88.0 Å². The van der Waals surface area contributed by atoms with Gasteiger partial charge in [0.15, 0.2) is 11.5 Å². The number of aromatic amines is 1. The SMILES string of the molecule is O=C(Nc1cccc(-c2ccc3nnc(-c4cccs4)n3n2)c1)c1cc2ccccc2[nH]1. The number of nitrogens with zero attached hydrogens (tertiary/aromatic N) is 4. The summed E-state index contributed by atoms with van der Waals surface area (Å²) in [7, 11) is 0. The lowest BCUT2D eigenvalue weighted by Gasteiger charge is -2.07. The van der Waals surface area contributed by atoms with Gasteiger partial charge in [0.05, 0.1) is 10.6 Å². The largest absolute Gasteiger partial charge is 0.351 e. The van der Waals surface area contributed by atoms with Crippen LogP contribution in [0.15, 0.2) is 84.2 Å². The molecule has 0 saturated heterocycles. The van der Waals surface area contributed by atoms with Gasteiger partial charge in [-0.2, -0.15) is 9.61 Å². The molecule has 2 N–H and O–H groups in total. The summed E-state index contributed by atoms with van der Waals surface area (Å²) in [6, 6.07) is 25.0. The minimum absolute atomic E-state index is 0.194. The Morgan fingerprint density at radius 2 is 1.88 bits per heavy atom. The number of carbonyl (C=O) groups excluding carboxylic acids is 1. The van der Waals surface area contributed by atoms with Gasteiger partial charge in [0.25, 0.3) is 5.91 Å². The maximum atomic E-state index is 12.8. The molecule has 0 atom stereocenters. The molecule has 1 amide bonds. The number of para-hydroxylation sites is 1. The van der Waals surface area contributed by atoms with E-state index >= 15 is 0 Å². The van der Waals surface area contributed by atoms with E-state index in [1.807, 2.05) is 84.2 Å². The Morgan fingerprint density at radius 3 is 2.75 bits per heavy atom. The fraction of sp³-hybridized carbons (Fsp3) is 0. The maximum absolute atomic E-state index is 12.8. The Kier molecular flexibility index (Phi) is 4.29. The lowest BCUT2D eigenvalue weighted by molar-refractivity contribution is 0.102. The molecule has 4 heterocycles. The van der Waals surface area contributed by atoms with Crippen LogP contribution in [0.4, 0.5) is 5.69 Å². The molecule has 0 aliphatic carbocycles. The van der Waals surface area contributed by atoms with Gasteiger partial charge in [0, 0.05) is 22.2 Å². The molecule has 8 heteroatoms. The summed E-state index contributed by atoms with van der Waals surface area (Å²) < 4.78 is 1.75. The van der Waals surface area contributed by atoms with E-state index in [9.17, 15) is 4.79 Å². The van der Waals surface area contributed by atoms with Crippen LogP contribution in [0.5, 0.6) is 0 Å². The summed E-state index contributed by atoms with van der Waals surface area (Å²) in [5.74, 6) is 0.515. The van der Waals surface area contributed by atoms with Gasteiger partial charge < -0.3 is 10.3 Å². The van der Waals surface area contributed by atoms with Crippen molar-refractivity contribution >= 4 is 39.5 Å². The van der Waals surface area contributed by atoms with Gasteiger partial charge in [-0.1, -0.05) is 36.4 Å². The van der Waals surface area contributed by atoms with Gasteiger partial charge in [-0.3, -0.25) is 4.79 Å². The number of H-pyrrole nitrogens is 1. The van der Waals surface area contributed by atoms with Crippen molar-refractivity contribution in [1.82, 2.24) is 24.8 Å².